The molecule has 1 aliphatic rings. The first-order valence-corrected chi connectivity index (χ1v) is 7.82. The largest absolute Gasteiger partial charge is 0.481 e. The highest BCUT2D eigenvalue weighted by atomic mass is 32.1. The van der Waals surface area contributed by atoms with Gasteiger partial charge in [0.05, 0.1) is 19.3 Å². The standard InChI is InChI=1S/C14H20N2O4S/c1-3-16(12-8-20-7-11(12)13(17)18)14(19)15(2)6-10-4-5-21-9-10/h4-5,9,11-12H,3,6-8H2,1-2H3,(H,17,18). The fourth-order valence-corrected chi connectivity index (χ4v) is 3.20. The lowest BCUT2D eigenvalue weighted by Gasteiger charge is -2.33. The third-order valence-corrected chi connectivity index (χ3v) is 4.41. The number of carboxylic acid groups (broad SMARTS) is 1. The molecule has 1 aromatic heterocycles. The van der Waals surface area contributed by atoms with E-state index in [1.54, 1.807) is 28.2 Å². The first-order valence-electron chi connectivity index (χ1n) is 6.88. The Morgan fingerprint density at radius 2 is 2.24 bits per heavy atom. The molecule has 2 atom stereocenters. The van der Waals surface area contributed by atoms with Gasteiger partial charge in [0.15, 0.2) is 0 Å². The molecule has 2 unspecified atom stereocenters. The maximum absolute atomic E-state index is 12.6. The Balaban J connectivity index is 2.05. The summed E-state index contributed by atoms with van der Waals surface area (Å²) in [4.78, 5) is 27.0. The Hall–Kier alpha value is -1.60. The van der Waals surface area contributed by atoms with Crippen molar-refractivity contribution in [3.8, 4) is 0 Å². The van der Waals surface area contributed by atoms with Crippen molar-refractivity contribution in [1.82, 2.24) is 9.80 Å². The molecule has 2 heterocycles. The molecule has 2 amide bonds. The average molecular weight is 312 g/mol. The van der Waals surface area contributed by atoms with Gasteiger partial charge in [-0.25, -0.2) is 4.79 Å². The van der Waals surface area contributed by atoms with Crippen LogP contribution >= 0.6 is 11.3 Å². The lowest BCUT2D eigenvalue weighted by Crippen LogP contribution is -2.50. The fourth-order valence-electron chi connectivity index (χ4n) is 2.54. The number of amides is 2. The number of hydrogen-bond donors (Lipinski definition) is 1. The number of carboxylic acids is 1. The van der Waals surface area contributed by atoms with Gasteiger partial charge in [-0.2, -0.15) is 11.3 Å². The van der Waals surface area contributed by atoms with Crippen LogP contribution in [-0.4, -0.2) is 59.8 Å². The van der Waals surface area contributed by atoms with Crippen LogP contribution in [0.5, 0.6) is 0 Å². The Morgan fingerprint density at radius 1 is 1.48 bits per heavy atom. The number of carbonyl (C=O) groups is 2. The topological polar surface area (TPSA) is 70.1 Å². The minimum atomic E-state index is -0.913. The predicted octanol–water partition coefficient (Wildman–Crippen LogP) is 1.72. The summed E-state index contributed by atoms with van der Waals surface area (Å²) < 4.78 is 5.26. The van der Waals surface area contributed by atoms with Crippen molar-refractivity contribution >= 4 is 23.3 Å². The number of carbonyl (C=O) groups excluding carboxylic acids is 1. The summed E-state index contributed by atoms with van der Waals surface area (Å²) in [5.74, 6) is -1.56. The van der Waals surface area contributed by atoms with Crippen molar-refractivity contribution in [2.24, 2.45) is 5.92 Å². The first-order chi connectivity index (χ1) is 10.0. The van der Waals surface area contributed by atoms with Crippen molar-refractivity contribution in [3.05, 3.63) is 22.4 Å². The molecule has 1 aliphatic heterocycles. The normalized spacial score (nSPS) is 21.2. The molecule has 7 heteroatoms. The van der Waals surface area contributed by atoms with Gasteiger partial charge in [0.2, 0.25) is 0 Å². The van der Waals surface area contributed by atoms with Gasteiger partial charge in [0.25, 0.3) is 0 Å². The number of likely N-dealkylation sites (N-methyl/N-ethyl adjacent to an activating group) is 1. The van der Waals surface area contributed by atoms with Gasteiger partial charge < -0.3 is 19.6 Å². The molecule has 0 aromatic carbocycles. The molecular weight excluding hydrogens is 292 g/mol. The van der Waals surface area contributed by atoms with E-state index in [1.165, 1.54) is 0 Å². The highest BCUT2D eigenvalue weighted by Gasteiger charge is 2.40. The van der Waals surface area contributed by atoms with Gasteiger partial charge >= 0.3 is 12.0 Å². The Kier molecular flexibility index (Phi) is 5.19. The van der Waals surface area contributed by atoms with Crippen molar-refractivity contribution < 1.29 is 19.4 Å². The number of aliphatic carboxylic acids is 1. The maximum atomic E-state index is 12.6. The van der Waals surface area contributed by atoms with Crippen molar-refractivity contribution in [1.29, 1.82) is 0 Å². The summed E-state index contributed by atoms with van der Waals surface area (Å²) in [6.45, 7) is 3.28. The van der Waals surface area contributed by atoms with Gasteiger partial charge in [0, 0.05) is 20.1 Å². The predicted molar refractivity (Wildman–Crippen MR) is 79.3 cm³/mol. The van der Waals surface area contributed by atoms with E-state index in [0.29, 0.717) is 13.1 Å². The van der Waals surface area contributed by atoms with E-state index in [-0.39, 0.29) is 19.2 Å². The van der Waals surface area contributed by atoms with E-state index >= 15 is 0 Å². The molecular formula is C14H20N2O4S. The van der Waals surface area contributed by atoms with Crippen LogP contribution in [0.4, 0.5) is 4.79 Å². The molecule has 6 nitrogen and oxygen atoms in total. The van der Waals surface area contributed by atoms with Gasteiger partial charge in [-0.3, -0.25) is 4.79 Å². The molecule has 0 spiro atoms. The van der Waals surface area contributed by atoms with Crippen LogP contribution in [-0.2, 0) is 16.1 Å². The highest BCUT2D eigenvalue weighted by Crippen LogP contribution is 2.21. The SMILES string of the molecule is CCN(C(=O)N(C)Cc1ccsc1)C1COCC1C(=O)O. The molecule has 0 saturated carbocycles. The van der Waals surface area contributed by atoms with Crippen molar-refractivity contribution in [2.75, 3.05) is 26.8 Å². The molecule has 0 aliphatic carbocycles. The number of rotatable bonds is 5. The lowest BCUT2D eigenvalue weighted by atomic mass is 10.0. The van der Waals surface area contributed by atoms with Crippen molar-refractivity contribution in [3.63, 3.8) is 0 Å². The quantitative estimate of drug-likeness (QED) is 0.899. The van der Waals surface area contributed by atoms with E-state index in [1.807, 2.05) is 23.8 Å². The van der Waals surface area contributed by atoms with Crippen LogP contribution in [0, 0.1) is 5.92 Å². The summed E-state index contributed by atoms with van der Waals surface area (Å²) in [5.41, 5.74) is 1.07. The smallest absolute Gasteiger partial charge is 0.320 e. The molecule has 0 bridgehead atoms. The van der Waals surface area contributed by atoms with Crippen molar-refractivity contribution in [2.45, 2.75) is 19.5 Å². The van der Waals surface area contributed by atoms with Gasteiger partial charge in [-0.15, -0.1) is 0 Å². The third kappa shape index (κ3) is 3.54. The average Bonchev–Trinajstić information content (AvgIpc) is 3.10. The minimum Gasteiger partial charge on any atom is -0.481 e. The number of thiophene rings is 1. The van der Waals surface area contributed by atoms with E-state index in [0.717, 1.165) is 5.56 Å². The van der Waals surface area contributed by atoms with Crippen LogP contribution in [0.2, 0.25) is 0 Å². The van der Waals surface area contributed by atoms with E-state index < -0.39 is 17.9 Å². The van der Waals surface area contributed by atoms with E-state index in [9.17, 15) is 14.7 Å². The summed E-state index contributed by atoms with van der Waals surface area (Å²) in [7, 11) is 1.73. The molecule has 0 radical (unpaired) electrons. The summed E-state index contributed by atoms with van der Waals surface area (Å²) in [6.07, 6.45) is 0. The summed E-state index contributed by atoms with van der Waals surface area (Å²) in [6, 6.07) is 1.42. The number of hydrogen-bond acceptors (Lipinski definition) is 4. The second-order valence-corrected chi connectivity index (χ2v) is 5.89. The van der Waals surface area contributed by atoms with Crippen LogP contribution in [0.25, 0.3) is 0 Å². The summed E-state index contributed by atoms with van der Waals surface area (Å²) >= 11 is 1.59. The third-order valence-electron chi connectivity index (χ3n) is 3.68. The Morgan fingerprint density at radius 3 is 2.81 bits per heavy atom. The zero-order chi connectivity index (χ0) is 15.4. The second-order valence-electron chi connectivity index (χ2n) is 5.11. The molecule has 1 N–H and O–H groups in total. The maximum Gasteiger partial charge on any atom is 0.320 e. The Bertz CT molecular complexity index is 491. The second kappa shape index (κ2) is 6.91. The first kappa shape index (κ1) is 15.8. The molecule has 21 heavy (non-hydrogen) atoms. The fraction of sp³-hybridized carbons (Fsp3) is 0.571. The number of urea groups is 1. The molecule has 1 aromatic rings. The zero-order valence-corrected chi connectivity index (χ0v) is 13.0. The number of nitrogens with zero attached hydrogens (tertiary/aromatic N) is 2. The molecule has 1 saturated heterocycles. The van der Waals surface area contributed by atoms with E-state index in [4.69, 9.17) is 4.74 Å². The van der Waals surface area contributed by atoms with Crippen LogP contribution < -0.4 is 0 Å². The monoisotopic (exact) mass is 312 g/mol. The molecule has 1 fully saturated rings. The number of ether oxygens (including phenoxy) is 1. The van der Waals surface area contributed by atoms with Crippen LogP contribution in [0.15, 0.2) is 16.8 Å². The summed E-state index contributed by atoms with van der Waals surface area (Å²) in [5, 5.41) is 13.2. The van der Waals surface area contributed by atoms with Crippen LogP contribution in [0.1, 0.15) is 12.5 Å². The van der Waals surface area contributed by atoms with E-state index in [2.05, 4.69) is 0 Å². The Labute approximate surface area is 127 Å². The molecule has 2 rings (SSSR count). The minimum absolute atomic E-state index is 0.162. The lowest BCUT2D eigenvalue weighted by molar-refractivity contribution is -0.142. The highest BCUT2D eigenvalue weighted by molar-refractivity contribution is 7.07. The zero-order valence-electron chi connectivity index (χ0n) is 12.2. The van der Waals surface area contributed by atoms with Gasteiger partial charge in [0.1, 0.15) is 5.92 Å². The van der Waals surface area contributed by atoms with Crippen LogP contribution in [0.3, 0.4) is 0 Å². The molecule has 116 valence electrons. The van der Waals surface area contributed by atoms with Gasteiger partial charge in [-0.05, 0) is 29.3 Å². The van der Waals surface area contributed by atoms with Gasteiger partial charge in [-0.1, -0.05) is 0 Å².